The second-order valence-electron chi connectivity index (χ2n) is 2.69. The lowest BCUT2D eigenvalue weighted by atomic mass is 10.1. The molecule has 0 amide bonds. The number of halogens is 2. The molecule has 0 bridgehead atoms. The molecule has 0 aliphatic carbocycles. The molecule has 0 spiro atoms. The van der Waals surface area contributed by atoms with Gasteiger partial charge in [-0.15, -0.1) is 0 Å². The number of methoxy groups -OCH3 is 1. The van der Waals surface area contributed by atoms with Crippen LogP contribution < -0.4 is 0 Å². The van der Waals surface area contributed by atoms with Crippen LogP contribution in [0.3, 0.4) is 0 Å². The van der Waals surface area contributed by atoms with Gasteiger partial charge in [0.15, 0.2) is 5.69 Å². The lowest BCUT2D eigenvalue weighted by Crippen LogP contribution is -2.09. The molecule has 1 N–H and O–H groups in total. The summed E-state index contributed by atoms with van der Waals surface area (Å²) in [5.41, 5.74) is -1.83. The van der Waals surface area contributed by atoms with Crippen LogP contribution in [0.2, 0.25) is 0 Å². The fraction of sp³-hybridized carbons (Fsp3) is 0.222. The van der Waals surface area contributed by atoms with E-state index in [4.69, 9.17) is 10.4 Å². The van der Waals surface area contributed by atoms with Gasteiger partial charge in [0.05, 0.1) is 12.7 Å². The summed E-state index contributed by atoms with van der Waals surface area (Å²) in [6.45, 7) is 0. The number of nitrogens with zero attached hydrogens (tertiary/aromatic N) is 2. The number of aromatic hydroxyl groups is 1. The monoisotopic (exact) mass is 228 g/mol. The molecule has 0 aliphatic rings. The van der Waals surface area contributed by atoms with Crippen LogP contribution in [0.15, 0.2) is 6.07 Å². The number of carbonyl (C=O) groups excluding carboxylic acids is 1. The molecular weight excluding hydrogens is 222 g/mol. The molecule has 1 heterocycles. The molecule has 0 saturated heterocycles. The highest BCUT2D eigenvalue weighted by Gasteiger charge is 2.22. The van der Waals surface area contributed by atoms with E-state index in [-0.39, 0.29) is 5.56 Å². The van der Waals surface area contributed by atoms with E-state index < -0.39 is 29.5 Å². The van der Waals surface area contributed by atoms with Crippen LogP contribution in [-0.4, -0.2) is 23.2 Å². The van der Waals surface area contributed by atoms with Crippen LogP contribution in [-0.2, 0) is 4.74 Å². The van der Waals surface area contributed by atoms with Gasteiger partial charge in [0.2, 0.25) is 0 Å². The third-order valence-electron chi connectivity index (χ3n) is 1.74. The maximum atomic E-state index is 12.4. The summed E-state index contributed by atoms with van der Waals surface area (Å²) < 4.78 is 29.0. The smallest absolute Gasteiger partial charge is 0.358 e. The summed E-state index contributed by atoms with van der Waals surface area (Å²) in [5, 5.41) is 17.7. The molecule has 1 rings (SSSR count). The molecule has 1 aromatic rings. The lowest BCUT2D eigenvalue weighted by Gasteiger charge is -2.06. The van der Waals surface area contributed by atoms with E-state index in [1.165, 1.54) is 0 Å². The number of nitriles is 1. The van der Waals surface area contributed by atoms with Crippen molar-refractivity contribution >= 4 is 5.97 Å². The van der Waals surface area contributed by atoms with Crippen LogP contribution in [0.1, 0.15) is 28.2 Å². The van der Waals surface area contributed by atoms with Gasteiger partial charge in [-0.2, -0.15) is 5.26 Å². The molecule has 0 unspecified atom stereocenters. The molecule has 0 saturated carbocycles. The lowest BCUT2D eigenvalue weighted by molar-refractivity contribution is 0.0591. The van der Waals surface area contributed by atoms with Gasteiger partial charge < -0.3 is 9.84 Å². The van der Waals surface area contributed by atoms with Crippen molar-refractivity contribution in [3.05, 3.63) is 23.0 Å². The van der Waals surface area contributed by atoms with Crippen molar-refractivity contribution in [3.63, 3.8) is 0 Å². The Morgan fingerprint density at radius 3 is 2.75 bits per heavy atom. The van der Waals surface area contributed by atoms with E-state index in [0.717, 1.165) is 13.2 Å². The minimum absolute atomic E-state index is 0.325. The number of aromatic nitrogens is 1. The fourth-order valence-corrected chi connectivity index (χ4v) is 1.02. The Morgan fingerprint density at radius 2 is 2.31 bits per heavy atom. The van der Waals surface area contributed by atoms with Crippen LogP contribution in [0.5, 0.6) is 5.75 Å². The third-order valence-corrected chi connectivity index (χ3v) is 1.74. The first-order valence-electron chi connectivity index (χ1n) is 4.01. The van der Waals surface area contributed by atoms with Crippen molar-refractivity contribution in [1.82, 2.24) is 4.98 Å². The quantitative estimate of drug-likeness (QED) is 0.773. The summed E-state index contributed by atoms with van der Waals surface area (Å²) >= 11 is 0. The van der Waals surface area contributed by atoms with Crippen molar-refractivity contribution in [1.29, 1.82) is 5.26 Å². The standard InChI is InChI=1S/C9H6F2N2O3/c1-16-9(15)6-4(3-12)2-5(14)7(13-6)8(10)11/h2,8,14H,1H3. The minimum Gasteiger partial charge on any atom is -0.506 e. The zero-order chi connectivity index (χ0) is 12.3. The number of esters is 1. The van der Waals surface area contributed by atoms with Crippen molar-refractivity contribution in [2.24, 2.45) is 0 Å². The number of pyridine rings is 1. The average Bonchev–Trinajstić information content (AvgIpc) is 2.27. The predicted molar refractivity (Wildman–Crippen MR) is 46.9 cm³/mol. The summed E-state index contributed by atoms with van der Waals surface area (Å²) in [4.78, 5) is 14.3. The molecule has 5 nitrogen and oxygen atoms in total. The van der Waals surface area contributed by atoms with Crippen molar-refractivity contribution in [2.45, 2.75) is 6.43 Å². The number of carbonyl (C=O) groups is 1. The molecule has 16 heavy (non-hydrogen) atoms. The third kappa shape index (κ3) is 2.06. The molecular formula is C9H6F2N2O3. The number of alkyl halides is 2. The second-order valence-corrected chi connectivity index (χ2v) is 2.69. The number of rotatable bonds is 2. The van der Waals surface area contributed by atoms with Crippen LogP contribution >= 0.6 is 0 Å². The van der Waals surface area contributed by atoms with Gasteiger partial charge in [0, 0.05) is 6.07 Å². The van der Waals surface area contributed by atoms with Gasteiger partial charge in [-0.3, -0.25) is 0 Å². The van der Waals surface area contributed by atoms with Gasteiger partial charge in [-0.25, -0.2) is 18.6 Å². The van der Waals surface area contributed by atoms with E-state index in [0.29, 0.717) is 0 Å². The fourth-order valence-electron chi connectivity index (χ4n) is 1.02. The van der Waals surface area contributed by atoms with E-state index in [1.54, 1.807) is 6.07 Å². The first-order valence-corrected chi connectivity index (χ1v) is 4.01. The highest BCUT2D eigenvalue weighted by Crippen LogP contribution is 2.28. The Hall–Kier alpha value is -2.23. The Bertz CT molecular complexity index is 469. The molecule has 0 aromatic carbocycles. The van der Waals surface area contributed by atoms with Crippen LogP contribution in [0.4, 0.5) is 8.78 Å². The zero-order valence-corrected chi connectivity index (χ0v) is 8.07. The number of hydrogen-bond acceptors (Lipinski definition) is 5. The molecule has 0 atom stereocenters. The van der Waals surface area contributed by atoms with Crippen LogP contribution in [0.25, 0.3) is 0 Å². The molecule has 0 radical (unpaired) electrons. The minimum atomic E-state index is -3.05. The van der Waals surface area contributed by atoms with Gasteiger partial charge in [0.25, 0.3) is 6.43 Å². The molecule has 7 heteroatoms. The average molecular weight is 228 g/mol. The predicted octanol–water partition coefficient (Wildman–Crippen LogP) is 1.38. The normalized spacial score (nSPS) is 9.94. The zero-order valence-electron chi connectivity index (χ0n) is 8.07. The Kier molecular flexibility index (Phi) is 3.35. The topological polar surface area (TPSA) is 83.2 Å². The molecule has 1 aromatic heterocycles. The maximum absolute atomic E-state index is 12.4. The molecule has 0 fully saturated rings. The second kappa shape index (κ2) is 4.53. The van der Waals surface area contributed by atoms with E-state index >= 15 is 0 Å². The summed E-state index contributed by atoms with van der Waals surface area (Å²) in [6, 6.07) is 2.30. The van der Waals surface area contributed by atoms with Gasteiger partial charge in [0.1, 0.15) is 17.5 Å². The summed E-state index contributed by atoms with van der Waals surface area (Å²) in [7, 11) is 1.03. The highest BCUT2D eigenvalue weighted by molar-refractivity contribution is 5.90. The number of ether oxygens (including phenoxy) is 1. The maximum Gasteiger partial charge on any atom is 0.358 e. The Labute approximate surface area is 88.9 Å². The Morgan fingerprint density at radius 1 is 1.69 bits per heavy atom. The van der Waals surface area contributed by atoms with Crippen molar-refractivity contribution in [3.8, 4) is 11.8 Å². The SMILES string of the molecule is COC(=O)c1nc(C(F)F)c(O)cc1C#N. The number of hydrogen-bond donors (Lipinski definition) is 1. The van der Waals surface area contributed by atoms with Crippen molar-refractivity contribution in [2.75, 3.05) is 7.11 Å². The van der Waals surface area contributed by atoms with Gasteiger partial charge >= 0.3 is 5.97 Å². The Balaban J connectivity index is 3.42. The first kappa shape index (κ1) is 11.8. The largest absolute Gasteiger partial charge is 0.506 e. The van der Waals surface area contributed by atoms with E-state index in [1.807, 2.05) is 0 Å². The van der Waals surface area contributed by atoms with Crippen molar-refractivity contribution < 1.29 is 23.4 Å². The van der Waals surface area contributed by atoms with Gasteiger partial charge in [-0.1, -0.05) is 0 Å². The summed E-state index contributed by atoms with van der Waals surface area (Å²) in [5.74, 6) is -1.85. The highest BCUT2D eigenvalue weighted by atomic mass is 19.3. The summed E-state index contributed by atoms with van der Waals surface area (Å²) in [6.07, 6.45) is -3.05. The molecule has 84 valence electrons. The van der Waals surface area contributed by atoms with E-state index in [2.05, 4.69) is 9.72 Å². The molecule has 0 aliphatic heterocycles. The van der Waals surface area contributed by atoms with E-state index in [9.17, 15) is 13.6 Å². The first-order chi connectivity index (χ1) is 7.51. The van der Waals surface area contributed by atoms with Gasteiger partial charge in [-0.05, 0) is 0 Å². The van der Waals surface area contributed by atoms with Crippen LogP contribution in [0, 0.1) is 11.3 Å².